The molecule has 1 atom stereocenters. The van der Waals surface area contributed by atoms with Crippen LogP contribution in [0.2, 0.25) is 0 Å². The number of rotatable bonds is 4. The lowest BCUT2D eigenvalue weighted by atomic mass is 10.2. The molecule has 1 aliphatic rings. The molecule has 0 aliphatic carbocycles. The molecule has 1 aliphatic heterocycles. The van der Waals surface area contributed by atoms with Gasteiger partial charge in [0.15, 0.2) is 5.58 Å². The zero-order valence-corrected chi connectivity index (χ0v) is 12.2. The topological polar surface area (TPSA) is 58.5 Å². The number of nitrogens with zero attached hydrogens (tertiary/aromatic N) is 3. The Morgan fingerprint density at radius 1 is 1.50 bits per heavy atom. The van der Waals surface area contributed by atoms with Crippen molar-refractivity contribution in [1.29, 1.82) is 0 Å². The lowest BCUT2D eigenvalue weighted by molar-refractivity contribution is 0.269. The molecule has 20 heavy (non-hydrogen) atoms. The second-order valence-electron chi connectivity index (χ2n) is 5.53. The molecule has 1 unspecified atom stereocenters. The normalized spacial score (nSPS) is 19.8. The van der Waals surface area contributed by atoms with Gasteiger partial charge in [0.2, 0.25) is 0 Å². The lowest BCUT2D eigenvalue weighted by Crippen LogP contribution is -2.38. The number of aromatic nitrogens is 1. The summed E-state index contributed by atoms with van der Waals surface area (Å²) >= 11 is 0. The van der Waals surface area contributed by atoms with E-state index in [0.717, 1.165) is 24.2 Å². The number of fused-ring (bicyclic) bond motifs is 1. The van der Waals surface area contributed by atoms with Gasteiger partial charge in [0.1, 0.15) is 5.52 Å². The van der Waals surface area contributed by atoms with Gasteiger partial charge in [0, 0.05) is 25.3 Å². The number of benzene rings is 1. The lowest BCUT2D eigenvalue weighted by Gasteiger charge is -2.26. The fraction of sp³-hybridized carbons (Fsp3) is 0.533. The predicted molar refractivity (Wildman–Crippen MR) is 82.0 cm³/mol. The van der Waals surface area contributed by atoms with Gasteiger partial charge in [-0.3, -0.25) is 4.90 Å². The molecule has 0 saturated carbocycles. The van der Waals surface area contributed by atoms with E-state index in [9.17, 15) is 0 Å². The Labute approximate surface area is 119 Å². The number of nitrogens with two attached hydrogens (primary N) is 1. The van der Waals surface area contributed by atoms with Crippen LogP contribution in [0.15, 0.2) is 22.6 Å². The summed E-state index contributed by atoms with van der Waals surface area (Å²) in [5, 5.41) is 0. The zero-order valence-electron chi connectivity index (χ0n) is 12.2. The molecule has 0 radical (unpaired) electrons. The van der Waals surface area contributed by atoms with E-state index >= 15 is 0 Å². The molecule has 5 heteroatoms. The molecule has 108 valence electrons. The van der Waals surface area contributed by atoms with Crippen LogP contribution in [0.4, 0.5) is 11.7 Å². The minimum atomic E-state index is 0.602. The van der Waals surface area contributed by atoms with E-state index in [-0.39, 0.29) is 0 Å². The molecule has 1 aromatic heterocycles. The first-order valence-electron chi connectivity index (χ1n) is 7.28. The summed E-state index contributed by atoms with van der Waals surface area (Å²) in [5.74, 6) is 0. The third kappa shape index (κ3) is 2.45. The molecular formula is C15H22N4O. The van der Waals surface area contributed by atoms with E-state index in [1.54, 1.807) is 0 Å². The van der Waals surface area contributed by atoms with Gasteiger partial charge in [-0.25, -0.2) is 0 Å². The average molecular weight is 274 g/mol. The maximum absolute atomic E-state index is 5.80. The molecule has 5 nitrogen and oxygen atoms in total. The first kappa shape index (κ1) is 13.2. The predicted octanol–water partition coefficient (Wildman–Crippen LogP) is 2.33. The van der Waals surface area contributed by atoms with Crippen LogP contribution in [0.25, 0.3) is 11.1 Å². The van der Waals surface area contributed by atoms with Crippen molar-refractivity contribution in [2.75, 3.05) is 37.3 Å². The third-order valence-electron chi connectivity index (χ3n) is 4.12. The second-order valence-corrected chi connectivity index (χ2v) is 5.53. The summed E-state index contributed by atoms with van der Waals surface area (Å²) < 4.78 is 5.80. The van der Waals surface area contributed by atoms with Crippen LogP contribution in [0.3, 0.4) is 0 Å². The minimum Gasteiger partial charge on any atom is -0.423 e. The SMILES string of the molecule is CCN1CCCC1CN(C)c1nc2cc(N)ccc2o1. The Bertz CT molecular complexity index is 595. The van der Waals surface area contributed by atoms with E-state index in [1.807, 2.05) is 25.2 Å². The maximum Gasteiger partial charge on any atom is 0.298 e. The molecule has 0 amide bonds. The van der Waals surface area contributed by atoms with Crippen molar-refractivity contribution in [3.63, 3.8) is 0 Å². The first-order chi connectivity index (χ1) is 9.67. The molecule has 0 bridgehead atoms. The summed E-state index contributed by atoms with van der Waals surface area (Å²) in [4.78, 5) is 9.16. The smallest absolute Gasteiger partial charge is 0.298 e. The van der Waals surface area contributed by atoms with Gasteiger partial charge in [-0.1, -0.05) is 6.92 Å². The number of anilines is 2. The Balaban J connectivity index is 1.76. The van der Waals surface area contributed by atoms with Crippen molar-refractivity contribution >= 4 is 22.8 Å². The molecule has 2 heterocycles. The van der Waals surface area contributed by atoms with E-state index in [1.165, 1.54) is 19.4 Å². The van der Waals surface area contributed by atoms with E-state index in [2.05, 4.69) is 21.7 Å². The van der Waals surface area contributed by atoms with Crippen LogP contribution in [-0.2, 0) is 0 Å². The summed E-state index contributed by atoms with van der Waals surface area (Å²) in [5.41, 5.74) is 8.11. The van der Waals surface area contributed by atoms with Crippen molar-refractivity contribution in [3.05, 3.63) is 18.2 Å². The van der Waals surface area contributed by atoms with Crippen LogP contribution in [0.1, 0.15) is 19.8 Å². The summed E-state index contributed by atoms with van der Waals surface area (Å²) in [6, 6.07) is 6.85. The molecule has 0 spiro atoms. The molecule has 3 rings (SSSR count). The molecular weight excluding hydrogens is 252 g/mol. The first-order valence-corrected chi connectivity index (χ1v) is 7.28. The highest BCUT2D eigenvalue weighted by Crippen LogP contribution is 2.25. The van der Waals surface area contributed by atoms with Crippen molar-refractivity contribution in [3.8, 4) is 0 Å². The Morgan fingerprint density at radius 3 is 3.15 bits per heavy atom. The van der Waals surface area contributed by atoms with Crippen LogP contribution in [0.5, 0.6) is 0 Å². The van der Waals surface area contributed by atoms with E-state index in [4.69, 9.17) is 10.2 Å². The molecule has 1 aromatic carbocycles. The highest BCUT2D eigenvalue weighted by atomic mass is 16.4. The molecule has 1 saturated heterocycles. The number of nitrogen functional groups attached to an aromatic ring is 1. The zero-order chi connectivity index (χ0) is 14.1. The average Bonchev–Trinajstić information content (AvgIpc) is 3.04. The third-order valence-corrected chi connectivity index (χ3v) is 4.12. The highest BCUT2D eigenvalue weighted by molar-refractivity contribution is 5.78. The van der Waals surface area contributed by atoms with Gasteiger partial charge in [-0.05, 0) is 44.1 Å². The number of hydrogen-bond donors (Lipinski definition) is 1. The van der Waals surface area contributed by atoms with Crippen LogP contribution in [-0.4, -0.2) is 42.6 Å². The van der Waals surface area contributed by atoms with E-state index in [0.29, 0.717) is 17.7 Å². The van der Waals surface area contributed by atoms with Gasteiger partial charge in [-0.15, -0.1) is 0 Å². The Hall–Kier alpha value is -1.75. The number of likely N-dealkylation sites (tertiary alicyclic amines) is 1. The van der Waals surface area contributed by atoms with Crippen molar-refractivity contribution in [1.82, 2.24) is 9.88 Å². The van der Waals surface area contributed by atoms with Crippen LogP contribution < -0.4 is 10.6 Å². The van der Waals surface area contributed by atoms with E-state index < -0.39 is 0 Å². The van der Waals surface area contributed by atoms with Gasteiger partial charge in [0.25, 0.3) is 6.01 Å². The monoisotopic (exact) mass is 274 g/mol. The fourth-order valence-corrected chi connectivity index (χ4v) is 3.01. The van der Waals surface area contributed by atoms with Gasteiger partial charge < -0.3 is 15.1 Å². The van der Waals surface area contributed by atoms with Crippen LogP contribution >= 0.6 is 0 Å². The molecule has 1 fully saturated rings. The van der Waals surface area contributed by atoms with Crippen molar-refractivity contribution in [2.24, 2.45) is 0 Å². The van der Waals surface area contributed by atoms with Gasteiger partial charge >= 0.3 is 0 Å². The molecule has 2 aromatic rings. The standard InChI is InChI=1S/C15H22N4O/c1-3-19-8-4-5-12(19)10-18(2)15-17-13-9-11(16)6-7-14(13)20-15/h6-7,9,12H,3-5,8,10,16H2,1-2H3. The second kappa shape index (κ2) is 5.32. The maximum atomic E-state index is 5.80. The highest BCUT2D eigenvalue weighted by Gasteiger charge is 2.25. The van der Waals surface area contributed by atoms with Crippen molar-refractivity contribution < 1.29 is 4.42 Å². The summed E-state index contributed by atoms with van der Waals surface area (Å²) in [6.45, 7) is 5.50. The number of oxazole rings is 1. The minimum absolute atomic E-state index is 0.602. The number of hydrogen-bond acceptors (Lipinski definition) is 5. The quantitative estimate of drug-likeness (QED) is 0.867. The number of likely N-dealkylation sites (N-methyl/N-ethyl adjacent to an activating group) is 2. The molecule has 2 N–H and O–H groups in total. The summed E-state index contributed by atoms with van der Waals surface area (Å²) in [6.07, 6.45) is 2.54. The van der Waals surface area contributed by atoms with Crippen molar-refractivity contribution in [2.45, 2.75) is 25.8 Å². The summed E-state index contributed by atoms with van der Waals surface area (Å²) in [7, 11) is 2.04. The van der Waals surface area contributed by atoms with Gasteiger partial charge in [-0.2, -0.15) is 4.98 Å². The Kier molecular flexibility index (Phi) is 3.53. The van der Waals surface area contributed by atoms with Crippen LogP contribution in [0, 0.1) is 0 Å². The Morgan fingerprint density at radius 2 is 2.35 bits per heavy atom. The largest absolute Gasteiger partial charge is 0.423 e. The fourth-order valence-electron chi connectivity index (χ4n) is 3.01. The van der Waals surface area contributed by atoms with Gasteiger partial charge in [0.05, 0.1) is 0 Å².